The van der Waals surface area contributed by atoms with Crippen LogP contribution in [0.25, 0.3) is 11.3 Å². The number of benzene rings is 2. The molecular weight excluding hydrogens is 492 g/mol. The van der Waals surface area contributed by atoms with Crippen LogP contribution in [-0.4, -0.2) is 42.0 Å². The number of ether oxygens (including phenoxy) is 1. The number of nitrogens with zero attached hydrogens (tertiary/aromatic N) is 4. The minimum Gasteiger partial charge on any atom is -0.488 e. The summed E-state index contributed by atoms with van der Waals surface area (Å²) in [7, 11) is 0. The Labute approximate surface area is 229 Å². The summed E-state index contributed by atoms with van der Waals surface area (Å²) in [5.41, 5.74) is 5.86. The van der Waals surface area contributed by atoms with Crippen molar-refractivity contribution in [2.24, 2.45) is 11.8 Å². The number of fused-ring (bicyclic) bond motifs is 2. The highest BCUT2D eigenvalue weighted by molar-refractivity contribution is 7.14. The SMILES string of the molecule is CCN(CCC#N)C(=O)c1ccc(COc2ccc(C)cc2-c2csc(N3CC4CC[C@@H](C4)C3)n2)c(C)c1. The highest BCUT2D eigenvalue weighted by atomic mass is 32.1. The number of amides is 1. The maximum atomic E-state index is 12.9. The van der Waals surface area contributed by atoms with E-state index in [1.807, 2.05) is 38.1 Å². The summed E-state index contributed by atoms with van der Waals surface area (Å²) in [5, 5.41) is 12.2. The summed E-state index contributed by atoms with van der Waals surface area (Å²) < 4.78 is 6.35. The van der Waals surface area contributed by atoms with Crippen molar-refractivity contribution >= 4 is 22.4 Å². The molecule has 1 aliphatic heterocycles. The van der Waals surface area contributed by atoms with Gasteiger partial charge < -0.3 is 14.5 Å². The molecule has 198 valence electrons. The number of aryl methyl sites for hydroxylation is 2. The zero-order valence-corrected chi connectivity index (χ0v) is 23.4. The Bertz CT molecular complexity index is 1330. The van der Waals surface area contributed by atoms with Gasteiger partial charge in [-0.05, 0) is 87.3 Å². The molecule has 2 bridgehead atoms. The van der Waals surface area contributed by atoms with Gasteiger partial charge in [-0.3, -0.25) is 4.79 Å². The van der Waals surface area contributed by atoms with Crippen molar-refractivity contribution in [3.05, 3.63) is 64.0 Å². The van der Waals surface area contributed by atoms with Crippen LogP contribution in [0, 0.1) is 37.0 Å². The second-order valence-corrected chi connectivity index (χ2v) is 11.5. The number of nitriles is 1. The van der Waals surface area contributed by atoms with Crippen LogP contribution >= 0.6 is 11.3 Å². The molecule has 2 aliphatic rings. The van der Waals surface area contributed by atoms with E-state index < -0.39 is 0 Å². The first kappa shape index (κ1) is 26.2. The van der Waals surface area contributed by atoms with Crippen LogP contribution < -0.4 is 9.64 Å². The first-order valence-corrected chi connectivity index (χ1v) is 14.5. The smallest absolute Gasteiger partial charge is 0.253 e. The Morgan fingerprint density at radius 3 is 2.68 bits per heavy atom. The van der Waals surface area contributed by atoms with Crippen LogP contribution in [0.2, 0.25) is 0 Å². The van der Waals surface area contributed by atoms with Gasteiger partial charge >= 0.3 is 0 Å². The number of thiazole rings is 1. The predicted octanol–water partition coefficient (Wildman–Crippen LogP) is 6.62. The predicted molar refractivity (Wildman–Crippen MR) is 153 cm³/mol. The van der Waals surface area contributed by atoms with Crippen LogP contribution in [0.15, 0.2) is 41.8 Å². The van der Waals surface area contributed by atoms with Gasteiger partial charge in [0.05, 0.1) is 18.2 Å². The molecule has 2 aromatic carbocycles. The first-order valence-electron chi connectivity index (χ1n) is 13.6. The summed E-state index contributed by atoms with van der Waals surface area (Å²) in [6, 6.07) is 14.1. The number of piperidine rings is 1. The lowest BCUT2D eigenvalue weighted by Gasteiger charge is -2.31. The molecule has 5 rings (SSSR count). The van der Waals surface area contributed by atoms with Gasteiger partial charge in [-0.1, -0.05) is 17.7 Å². The van der Waals surface area contributed by atoms with Gasteiger partial charge in [-0.15, -0.1) is 11.3 Å². The van der Waals surface area contributed by atoms with E-state index in [-0.39, 0.29) is 5.91 Å². The molecule has 38 heavy (non-hydrogen) atoms. The van der Waals surface area contributed by atoms with E-state index in [0.29, 0.717) is 31.7 Å². The van der Waals surface area contributed by atoms with Crippen LogP contribution in [0.1, 0.15) is 59.7 Å². The van der Waals surface area contributed by atoms with Crippen LogP contribution in [-0.2, 0) is 6.61 Å². The van der Waals surface area contributed by atoms with Gasteiger partial charge in [0, 0.05) is 42.7 Å². The number of hydrogen-bond donors (Lipinski definition) is 0. The Balaban J connectivity index is 1.30. The van der Waals surface area contributed by atoms with Gasteiger partial charge in [0.1, 0.15) is 12.4 Å². The van der Waals surface area contributed by atoms with E-state index in [1.54, 1.807) is 16.2 Å². The van der Waals surface area contributed by atoms with Gasteiger partial charge in [0.15, 0.2) is 5.13 Å². The molecule has 1 saturated carbocycles. The van der Waals surface area contributed by atoms with Gasteiger partial charge in [-0.25, -0.2) is 4.98 Å². The molecule has 1 unspecified atom stereocenters. The number of carbonyl (C=O) groups excluding carboxylic acids is 1. The molecule has 1 aliphatic carbocycles. The Hall–Kier alpha value is -3.37. The van der Waals surface area contributed by atoms with Crippen molar-refractivity contribution in [3.63, 3.8) is 0 Å². The fourth-order valence-corrected chi connectivity index (χ4v) is 6.63. The van der Waals surface area contributed by atoms with E-state index in [4.69, 9.17) is 15.0 Å². The van der Waals surface area contributed by atoms with Crippen LogP contribution in [0.3, 0.4) is 0 Å². The minimum absolute atomic E-state index is 0.0415. The van der Waals surface area contributed by atoms with Crippen molar-refractivity contribution in [1.29, 1.82) is 5.26 Å². The van der Waals surface area contributed by atoms with Crippen molar-refractivity contribution in [1.82, 2.24) is 9.88 Å². The van der Waals surface area contributed by atoms with E-state index >= 15 is 0 Å². The maximum absolute atomic E-state index is 12.9. The minimum atomic E-state index is -0.0415. The molecule has 3 aromatic rings. The molecule has 0 radical (unpaired) electrons. The van der Waals surface area contributed by atoms with Crippen LogP contribution in [0.4, 0.5) is 5.13 Å². The zero-order chi connectivity index (χ0) is 26.6. The van der Waals surface area contributed by atoms with Crippen LogP contribution in [0.5, 0.6) is 5.75 Å². The third-order valence-corrected chi connectivity index (χ3v) is 8.82. The average molecular weight is 529 g/mol. The van der Waals surface area contributed by atoms with Gasteiger partial charge in [0.2, 0.25) is 0 Å². The Morgan fingerprint density at radius 2 is 1.97 bits per heavy atom. The van der Waals surface area contributed by atoms with E-state index in [1.165, 1.54) is 24.8 Å². The molecule has 1 aromatic heterocycles. The second-order valence-electron chi connectivity index (χ2n) is 10.7. The lowest BCUT2D eigenvalue weighted by atomic mass is 9.99. The molecule has 0 N–H and O–H groups in total. The summed E-state index contributed by atoms with van der Waals surface area (Å²) in [5.74, 6) is 2.43. The highest BCUT2D eigenvalue weighted by Gasteiger charge is 2.34. The molecule has 6 nitrogen and oxygen atoms in total. The maximum Gasteiger partial charge on any atom is 0.253 e. The van der Waals surface area contributed by atoms with Gasteiger partial charge in [0.25, 0.3) is 5.91 Å². The normalized spacial score (nSPS) is 18.3. The van der Waals surface area contributed by atoms with E-state index in [9.17, 15) is 4.79 Å². The summed E-state index contributed by atoms with van der Waals surface area (Å²) in [4.78, 5) is 22.1. The standard InChI is InChI=1S/C31H36N4O2S/c1-4-34(13-5-12-32)30(36)25-9-10-26(22(3)15-25)19-37-29-11-6-21(2)14-27(29)28-20-38-31(33-28)35-17-23-7-8-24(16-23)18-35/h6,9-11,14-15,20,23-24H,4-5,7-8,13,16-19H2,1-3H3/t23-,24?/m0/s1. The molecular formula is C31H36N4O2S. The molecule has 2 atom stereocenters. The molecule has 1 amide bonds. The zero-order valence-electron chi connectivity index (χ0n) is 22.6. The number of aromatic nitrogens is 1. The monoisotopic (exact) mass is 528 g/mol. The largest absolute Gasteiger partial charge is 0.488 e. The molecule has 2 fully saturated rings. The molecule has 2 heterocycles. The molecule has 7 heteroatoms. The number of carbonyl (C=O) groups is 1. The van der Waals surface area contributed by atoms with E-state index in [2.05, 4.69) is 35.4 Å². The first-order chi connectivity index (χ1) is 18.4. The third kappa shape index (κ3) is 5.71. The number of rotatable bonds is 9. The van der Waals surface area contributed by atoms with Crippen molar-refractivity contribution in [3.8, 4) is 23.1 Å². The lowest BCUT2D eigenvalue weighted by Crippen LogP contribution is -2.36. The summed E-state index contributed by atoms with van der Waals surface area (Å²) in [6.45, 7) is 9.75. The number of hydrogen-bond acceptors (Lipinski definition) is 6. The second kappa shape index (κ2) is 11.6. The lowest BCUT2D eigenvalue weighted by molar-refractivity contribution is 0.0767. The number of anilines is 1. The van der Waals surface area contributed by atoms with Crippen molar-refractivity contribution < 1.29 is 9.53 Å². The molecule has 1 saturated heterocycles. The Kier molecular flexibility index (Phi) is 7.99. The fourth-order valence-electron chi connectivity index (χ4n) is 5.78. The topological polar surface area (TPSA) is 69.5 Å². The summed E-state index contributed by atoms with van der Waals surface area (Å²) >= 11 is 1.73. The quantitative estimate of drug-likeness (QED) is 0.312. The average Bonchev–Trinajstić information content (AvgIpc) is 3.55. The van der Waals surface area contributed by atoms with Crippen molar-refractivity contribution in [2.75, 3.05) is 31.1 Å². The fraction of sp³-hybridized carbons (Fsp3) is 0.452. The summed E-state index contributed by atoms with van der Waals surface area (Å²) in [6.07, 6.45) is 4.45. The molecule has 0 spiro atoms. The third-order valence-electron chi connectivity index (χ3n) is 7.92. The van der Waals surface area contributed by atoms with Crippen molar-refractivity contribution in [2.45, 2.75) is 53.1 Å². The van der Waals surface area contributed by atoms with Gasteiger partial charge in [-0.2, -0.15) is 5.26 Å². The Morgan fingerprint density at radius 1 is 1.18 bits per heavy atom. The van der Waals surface area contributed by atoms with E-state index in [0.717, 1.165) is 58.2 Å². The highest BCUT2D eigenvalue weighted by Crippen LogP contribution is 2.40.